The number of piperidine rings is 1. The normalized spacial score (nSPS) is 23.9. The van der Waals surface area contributed by atoms with Gasteiger partial charge < -0.3 is 0 Å². The van der Waals surface area contributed by atoms with Crippen molar-refractivity contribution in [3.63, 3.8) is 0 Å². The fourth-order valence-electron chi connectivity index (χ4n) is 6.08. The molecule has 2 amide bonds. The lowest BCUT2D eigenvalue weighted by Gasteiger charge is -2.54. The molecule has 0 aromatic heterocycles. The summed E-state index contributed by atoms with van der Waals surface area (Å²) in [6.45, 7) is 13.5. The van der Waals surface area contributed by atoms with Gasteiger partial charge in [0.05, 0.1) is 6.61 Å². The number of rotatable bonds is 14. The summed E-state index contributed by atoms with van der Waals surface area (Å²) in [6, 6.07) is -0.0329. The Morgan fingerprint density at radius 1 is 0.812 bits per heavy atom. The Hall–Kier alpha value is -0.940. The van der Waals surface area contributed by atoms with Gasteiger partial charge in [-0.3, -0.25) is 19.3 Å². The van der Waals surface area contributed by atoms with Crippen LogP contribution in [0.2, 0.25) is 0 Å². The van der Waals surface area contributed by atoms with Gasteiger partial charge in [0.25, 0.3) is 0 Å². The number of amides is 2. The fraction of sp³-hybridized carbons (Fsp3) is 0.926. The minimum absolute atomic E-state index is 0.0329. The number of carbonyl (C=O) groups excluding carboxylic acids is 2. The largest absolute Gasteiger partial charge is 0.298 e. The van der Waals surface area contributed by atoms with E-state index < -0.39 is 0 Å². The maximum Gasteiger partial charge on any atom is 0.233 e. The first-order valence-electron chi connectivity index (χ1n) is 13.4. The van der Waals surface area contributed by atoms with Crippen LogP contribution in [0.5, 0.6) is 0 Å². The Bertz CT molecular complexity index is 584. The molecule has 2 saturated heterocycles. The van der Waals surface area contributed by atoms with E-state index in [0.29, 0.717) is 13.0 Å². The molecule has 2 rings (SSSR count). The molecule has 0 bridgehead atoms. The highest BCUT2D eigenvalue weighted by Gasteiger charge is 2.52. The van der Waals surface area contributed by atoms with Crippen LogP contribution in [-0.4, -0.2) is 45.5 Å². The Kier molecular flexibility index (Phi) is 10.7. The standard InChI is InChI=1S/C27H50N2O3/c1-7-9-10-11-12-13-14-15-16-17-18-22-19-24(30)28(25(22)31)23-20-26(3,4)29(32-8-2)27(5,6)21-23/h22-23H,7-21H2,1-6H3. The van der Waals surface area contributed by atoms with Gasteiger partial charge in [-0.15, -0.1) is 0 Å². The van der Waals surface area contributed by atoms with Gasteiger partial charge in [0.2, 0.25) is 11.8 Å². The van der Waals surface area contributed by atoms with E-state index >= 15 is 0 Å². The smallest absolute Gasteiger partial charge is 0.233 e. The fourth-order valence-corrected chi connectivity index (χ4v) is 6.08. The van der Waals surface area contributed by atoms with Gasteiger partial charge in [-0.1, -0.05) is 71.1 Å². The second-order valence-corrected chi connectivity index (χ2v) is 11.4. The van der Waals surface area contributed by atoms with Crippen LogP contribution in [0.3, 0.4) is 0 Å². The topological polar surface area (TPSA) is 49.9 Å². The summed E-state index contributed by atoms with van der Waals surface area (Å²) in [7, 11) is 0. The number of likely N-dealkylation sites (tertiary alicyclic amines) is 1. The number of imide groups is 1. The first-order valence-corrected chi connectivity index (χ1v) is 13.4. The van der Waals surface area contributed by atoms with Crippen molar-refractivity contribution < 1.29 is 14.4 Å². The van der Waals surface area contributed by atoms with Crippen LogP contribution in [0.15, 0.2) is 0 Å². The van der Waals surface area contributed by atoms with E-state index in [1.807, 2.05) is 6.92 Å². The zero-order chi connectivity index (χ0) is 23.8. The molecule has 2 heterocycles. The Morgan fingerprint density at radius 2 is 1.31 bits per heavy atom. The van der Waals surface area contributed by atoms with E-state index in [1.54, 1.807) is 4.90 Å². The van der Waals surface area contributed by atoms with Crippen molar-refractivity contribution in [2.75, 3.05) is 6.61 Å². The molecule has 32 heavy (non-hydrogen) atoms. The van der Waals surface area contributed by atoms with E-state index in [-0.39, 0.29) is 34.9 Å². The van der Waals surface area contributed by atoms with Crippen LogP contribution >= 0.6 is 0 Å². The van der Waals surface area contributed by atoms with E-state index in [1.165, 1.54) is 57.8 Å². The third-order valence-corrected chi connectivity index (χ3v) is 7.38. The molecule has 2 aliphatic heterocycles. The summed E-state index contributed by atoms with van der Waals surface area (Å²) >= 11 is 0. The lowest BCUT2D eigenvalue weighted by atomic mass is 9.78. The number of carbonyl (C=O) groups is 2. The number of hydroxylamine groups is 2. The van der Waals surface area contributed by atoms with Gasteiger partial charge in [-0.05, 0) is 53.9 Å². The van der Waals surface area contributed by atoms with Gasteiger partial charge in [0.15, 0.2) is 0 Å². The highest BCUT2D eigenvalue weighted by atomic mass is 16.7. The molecule has 1 atom stereocenters. The zero-order valence-electron chi connectivity index (χ0n) is 21.9. The van der Waals surface area contributed by atoms with E-state index in [0.717, 1.165) is 25.7 Å². The summed E-state index contributed by atoms with van der Waals surface area (Å²) < 4.78 is 0. The van der Waals surface area contributed by atoms with E-state index in [4.69, 9.17) is 4.84 Å². The average molecular weight is 451 g/mol. The van der Waals surface area contributed by atoms with Crippen molar-refractivity contribution in [2.45, 2.75) is 149 Å². The van der Waals surface area contributed by atoms with Gasteiger partial charge in [0.1, 0.15) is 0 Å². The van der Waals surface area contributed by atoms with Crippen LogP contribution in [0.1, 0.15) is 131 Å². The summed E-state index contributed by atoms with van der Waals surface area (Å²) in [5.74, 6) is 0.00797. The maximum absolute atomic E-state index is 13.2. The van der Waals surface area contributed by atoms with Gasteiger partial charge in [0, 0.05) is 29.5 Å². The summed E-state index contributed by atoms with van der Waals surface area (Å²) in [5.41, 5.74) is -0.449. The van der Waals surface area contributed by atoms with Crippen molar-refractivity contribution in [2.24, 2.45) is 5.92 Å². The van der Waals surface area contributed by atoms with Crippen LogP contribution in [0.4, 0.5) is 0 Å². The molecule has 186 valence electrons. The molecule has 0 aliphatic carbocycles. The molecule has 2 aliphatic rings. The van der Waals surface area contributed by atoms with Crippen LogP contribution in [-0.2, 0) is 14.4 Å². The number of hydrogen-bond acceptors (Lipinski definition) is 4. The minimum atomic E-state index is -0.225. The summed E-state index contributed by atoms with van der Waals surface area (Å²) in [6.07, 6.45) is 15.7. The quantitative estimate of drug-likeness (QED) is 0.220. The maximum atomic E-state index is 13.2. The van der Waals surface area contributed by atoms with Crippen molar-refractivity contribution in [1.82, 2.24) is 9.96 Å². The second-order valence-electron chi connectivity index (χ2n) is 11.4. The molecule has 0 radical (unpaired) electrons. The molecular weight excluding hydrogens is 400 g/mol. The highest BCUT2D eigenvalue weighted by Crippen LogP contribution is 2.42. The molecule has 5 heteroatoms. The van der Waals surface area contributed by atoms with E-state index in [2.05, 4.69) is 39.7 Å². The minimum Gasteiger partial charge on any atom is -0.298 e. The summed E-state index contributed by atoms with van der Waals surface area (Å²) in [5, 5.41) is 2.09. The molecule has 0 aromatic rings. The Balaban J connectivity index is 1.78. The molecule has 0 spiro atoms. The lowest BCUT2D eigenvalue weighted by molar-refractivity contribution is -0.284. The SMILES string of the molecule is CCCCCCCCCCCCC1CC(=O)N(C2CC(C)(C)N(OCC)C(C)(C)C2)C1=O. The van der Waals surface area contributed by atoms with Gasteiger partial charge >= 0.3 is 0 Å². The number of nitrogens with zero attached hydrogens (tertiary/aromatic N) is 2. The number of hydrogen-bond donors (Lipinski definition) is 0. The van der Waals surface area contributed by atoms with Crippen molar-refractivity contribution in [3.8, 4) is 0 Å². The molecule has 1 unspecified atom stereocenters. The first-order chi connectivity index (χ1) is 15.1. The van der Waals surface area contributed by atoms with Crippen molar-refractivity contribution >= 4 is 11.8 Å². The first kappa shape index (κ1) is 27.3. The molecule has 2 fully saturated rings. The molecule has 0 saturated carbocycles. The number of unbranched alkanes of at least 4 members (excludes halogenated alkanes) is 9. The van der Waals surface area contributed by atoms with E-state index in [9.17, 15) is 9.59 Å². The highest BCUT2D eigenvalue weighted by molar-refractivity contribution is 6.03. The van der Waals surface area contributed by atoms with Gasteiger partial charge in [-0.2, -0.15) is 5.06 Å². The summed E-state index contributed by atoms with van der Waals surface area (Å²) in [4.78, 5) is 33.7. The third kappa shape index (κ3) is 7.28. The molecule has 0 N–H and O–H groups in total. The van der Waals surface area contributed by atoms with Crippen LogP contribution < -0.4 is 0 Å². The third-order valence-electron chi connectivity index (χ3n) is 7.38. The average Bonchev–Trinajstić information content (AvgIpc) is 2.99. The predicted octanol–water partition coefficient (Wildman–Crippen LogP) is 6.65. The Labute approximate surface area is 197 Å². The van der Waals surface area contributed by atoms with Crippen molar-refractivity contribution in [3.05, 3.63) is 0 Å². The zero-order valence-corrected chi connectivity index (χ0v) is 21.9. The Morgan fingerprint density at radius 3 is 1.81 bits per heavy atom. The van der Waals surface area contributed by atoms with Gasteiger partial charge in [-0.25, -0.2) is 0 Å². The molecule has 0 aromatic carbocycles. The monoisotopic (exact) mass is 450 g/mol. The predicted molar refractivity (Wildman–Crippen MR) is 131 cm³/mol. The lowest BCUT2D eigenvalue weighted by Crippen LogP contribution is -2.64. The molecule has 5 nitrogen and oxygen atoms in total. The molecular formula is C27H50N2O3. The van der Waals surface area contributed by atoms with Crippen LogP contribution in [0.25, 0.3) is 0 Å². The van der Waals surface area contributed by atoms with Crippen molar-refractivity contribution in [1.29, 1.82) is 0 Å². The van der Waals surface area contributed by atoms with Crippen LogP contribution in [0, 0.1) is 5.92 Å². The second kappa shape index (κ2) is 12.5.